The summed E-state index contributed by atoms with van der Waals surface area (Å²) >= 11 is 1.34. The Morgan fingerprint density at radius 2 is 1.79 bits per heavy atom. The van der Waals surface area contributed by atoms with Crippen LogP contribution in [0.2, 0.25) is 0 Å². The molecule has 4 N–H and O–H groups in total. The van der Waals surface area contributed by atoms with E-state index in [0.717, 1.165) is 43.4 Å². The number of likely N-dealkylation sites (tertiary alicyclic amines) is 1. The number of thiazole rings is 1. The minimum atomic E-state index is -1.22. The van der Waals surface area contributed by atoms with Crippen molar-refractivity contribution >= 4 is 35.0 Å². The number of nitrogens with two attached hydrogens (primary N) is 1. The average Bonchev–Trinajstić information content (AvgIpc) is 3.78. The van der Waals surface area contributed by atoms with E-state index in [4.69, 9.17) is 19.9 Å². The number of hydrogen-bond donors (Lipinski definition) is 3. The summed E-state index contributed by atoms with van der Waals surface area (Å²) in [4.78, 5) is 59.5. The second-order valence-corrected chi connectivity index (χ2v) is 12.8. The van der Waals surface area contributed by atoms with Crippen LogP contribution in [0.5, 0.6) is 5.75 Å². The van der Waals surface area contributed by atoms with E-state index in [1.165, 1.54) is 25.3 Å². The number of rotatable bonds is 17. The summed E-state index contributed by atoms with van der Waals surface area (Å²) in [6, 6.07) is 4.90. The SMILES string of the molecule is C[C@@H](C(=O)N[C@H](C(=O)N1CCC[C@H]1c1nc(C(=O)c2cccc(OCCOCCOCCN)c2)cs1)C1CCCCC1)N(C)C(=O)O. The van der Waals surface area contributed by atoms with E-state index in [-0.39, 0.29) is 23.7 Å². The topological polar surface area (TPSA) is 174 Å². The van der Waals surface area contributed by atoms with Gasteiger partial charge < -0.3 is 35.3 Å². The molecule has 47 heavy (non-hydrogen) atoms. The molecule has 0 spiro atoms. The van der Waals surface area contributed by atoms with Gasteiger partial charge in [0, 0.05) is 31.1 Å². The highest BCUT2D eigenvalue weighted by molar-refractivity contribution is 7.10. The van der Waals surface area contributed by atoms with Crippen molar-refractivity contribution in [3.05, 3.63) is 45.9 Å². The monoisotopic (exact) mass is 673 g/mol. The molecule has 4 rings (SSSR count). The first-order valence-electron chi connectivity index (χ1n) is 16.4. The molecule has 1 aliphatic heterocycles. The third kappa shape index (κ3) is 9.95. The van der Waals surface area contributed by atoms with Gasteiger partial charge in [0.25, 0.3) is 0 Å². The number of carbonyl (C=O) groups is 4. The van der Waals surface area contributed by atoms with Crippen molar-refractivity contribution in [2.24, 2.45) is 11.7 Å². The van der Waals surface area contributed by atoms with Crippen LogP contribution < -0.4 is 15.8 Å². The Morgan fingerprint density at radius 3 is 2.51 bits per heavy atom. The number of aromatic nitrogens is 1. The molecule has 1 aromatic carbocycles. The van der Waals surface area contributed by atoms with E-state index in [2.05, 4.69) is 10.3 Å². The Kier molecular flexibility index (Phi) is 13.9. The molecule has 2 aromatic rings. The Morgan fingerprint density at radius 1 is 1.06 bits per heavy atom. The van der Waals surface area contributed by atoms with Crippen LogP contribution in [0.4, 0.5) is 4.79 Å². The molecule has 1 saturated heterocycles. The van der Waals surface area contributed by atoms with Crippen LogP contribution in [0, 0.1) is 5.92 Å². The summed E-state index contributed by atoms with van der Waals surface area (Å²) in [5.41, 5.74) is 6.12. The predicted molar refractivity (Wildman–Crippen MR) is 176 cm³/mol. The molecule has 1 aliphatic carbocycles. The number of ether oxygens (including phenoxy) is 3. The number of hydrogen-bond acceptors (Lipinski definition) is 10. The maximum atomic E-state index is 14.1. The fourth-order valence-corrected chi connectivity index (χ4v) is 6.92. The summed E-state index contributed by atoms with van der Waals surface area (Å²) in [6.07, 6.45) is 4.91. The second kappa shape index (κ2) is 18.1. The van der Waals surface area contributed by atoms with Gasteiger partial charge in [0.2, 0.25) is 17.6 Å². The molecule has 0 unspecified atom stereocenters. The summed E-state index contributed by atoms with van der Waals surface area (Å²) in [5.74, 6) is -0.414. The van der Waals surface area contributed by atoms with Gasteiger partial charge in [-0.25, -0.2) is 9.78 Å². The summed E-state index contributed by atoms with van der Waals surface area (Å²) in [5, 5.41) is 14.7. The van der Waals surface area contributed by atoms with Gasteiger partial charge in [-0.05, 0) is 50.7 Å². The number of carboxylic acid groups (broad SMARTS) is 1. The quantitative estimate of drug-likeness (QED) is 0.167. The third-order valence-electron chi connectivity index (χ3n) is 8.75. The molecular weight excluding hydrogens is 626 g/mol. The number of amides is 3. The molecule has 3 amide bonds. The number of likely N-dealkylation sites (N-methyl/N-ethyl adjacent to an activating group) is 1. The Hall–Kier alpha value is -3.59. The van der Waals surface area contributed by atoms with Crippen molar-refractivity contribution in [3.63, 3.8) is 0 Å². The van der Waals surface area contributed by atoms with Crippen LogP contribution in [0.3, 0.4) is 0 Å². The first kappa shape index (κ1) is 36.2. The maximum absolute atomic E-state index is 14.1. The van der Waals surface area contributed by atoms with Crippen LogP contribution in [0.15, 0.2) is 29.6 Å². The van der Waals surface area contributed by atoms with Crippen molar-refractivity contribution in [1.82, 2.24) is 20.1 Å². The minimum Gasteiger partial charge on any atom is -0.491 e. The van der Waals surface area contributed by atoms with Gasteiger partial charge in [-0.3, -0.25) is 19.3 Å². The van der Waals surface area contributed by atoms with Crippen LogP contribution in [0.25, 0.3) is 0 Å². The number of ketones is 1. The molecule has 1 saturated carbocycles. The molecule has 0 radical (unpaired) electrons. The zero-order chi connectivity index (χ0) is 33.8. The highest BCUT2D eigenvalue weighted by atomic mass is 32.1. The maximum Gasteiger partial charge on any atom is 0.407 e. The lowest BCUT2D eigenvalue weighted by Crippen LogP contribution is -2.56. The summed E-state index contributed by atoms with van der Waals surface area (Å²) in [7, 11) is 1.34. The predicted octanol–water partition coefficient (Wildman–Crippen LogP) is 3.47. The molecule has 14 heteroatoms. The Bertz CT molecular complexity index is 1350. The molecule has 258 valence electrons. The molecule has 3 atom stereocenters. The largest absolute Gasteiger partial charge is 0.491 e. The van der Waals surface area contributed by atoms with Gasteiger partial charge in [-0.2, -0.15) is 0 Å². The fourth-order valence-electron chi connectivity index (χ4n) is 5.97. The normalized spacial score (nSPS) is 18.0. The fraction of sp³-hybridized carbons (Fsp3) is 0.606. The molecule has 2 heterocycles. The standard InChI is InChI=1S/C33H47N5O8S/c1-22(37(2)33(42)43)30(40)36-28(23-8-4-3-5-9-23)32(41)38-14-7-12-27(38)31-35-26(21-47-31)29(39)24-10-6-11-25(20-24)46-19-18-45-17-16-44-15-13-34/h6,10-11,20-23,27-28H,3-5,7-9,12-19,34H2,1-2H3,(H,36,40)(H,42,43)/t22-,27-,28-/m0/s1. The molecule has 0 bridgehead atoms. The first-order chi connectivity index (χ1) is 22.7. The summed E-state index contributed by atoms with van der Waals surface area (Å²) < 4.78 is 16.5. The van der Waals surface area contributed by atoms with E-state index in [1.54, 1.807) is 34.5 Å². The number of nitrogens with one attached hydrogen (secondary N) is 1. The lowest BCUT2D eigenvalue weighted by molar-refractivity contribution is -0.140. The second-order valence-electron chi connectivity index (χ2n) is 11.9. The minimum absolute atomic E-state index is 0.0337. The van der Waals surface area contributed by atoms with Crippen LogP contribution in [0.1, 0.15) is 79.0 Å². The van der Waals surface area contributed by atoms with Crippen LogP contribution in [-0.4, -0.2) is 109 Å². The van der Waals surface area contributed by atoms with Crippen LogP contribution >= 0.6 is 11.3 Å². The van der Waals surface area contributed by atoms with E-state index >= 15 is 0 Å². The number of benzene rings is 1. The first-order valence-corrected chi connectivity index (χ1v) is 17.2. The van der Waals surface area contributed by atoms with Gasteiger partial charge in [-0.1, -0.05) is 31.4 Å². The molecule has 13 nitrogen and oxygen atoms in total. The van der Waals surface area contributed by atoms with Crippen molar-refractivity contribution in [3.8, 4) is 5.75 Å². The Balaban J connectivity index is 1.40. The zero-order valence-electron chi connectivity index (χ0n) is 27.2. The van der Waals surface area contributed by atoms with Crippen LogP contribution in [-0.2, 0) is 19.1 Å². The van der Waals surface area contributed by atoms with E-state index in [1.807, 2.05) is 0 Å². The van der Waals surface area contributed by atoms with Crippen molar-refractivity contribution < 1.29 is 38.5 Å². The van der Waals surface area contributed by atoms with E-state index in [0.29, 0.717) is 74.6 Å². The van der Waals surface area contributed by atoms with E-state index < -0.39 is 24.1 Å². The molecule has 1 aromatic heterocycles. The van der Waals surface area contributed by atoms with Crippen molar-refractivity contribution in [2.45, 2.75) is 70.0 Å². The van der Waals surface area contributed by atoms with Crippen molar-refractivity contribution in [2.75, 3.05) is 53.2 Å². The smallest absolute Gasteiger partial charge is 0.407 e. The third-order valence-corrected chi connectivity index (χ3v) is 9.70. The van der Waals surface area contributed by atoms with Gasteiger partial charge in [-0.15, -0.1) is 11.3 Å². The number of nitrogens with zero attached hydrogens (tertiary/aromatic N) is 3. The number of carbonyl (C=O) groups excluding carboxylic acids is 3. The molecular formula is C33H47N5O8S. The van der Waals surface area contributed by atoms with Gasteiger partial charge in [0.1, 0.15) is 35.1 Å². The highest BCUT2D eigenvalue weighted by Crippen LogP contribution is 2.36. The van der Waals surface area contributed by atoms with Crippen molar-refractivity contribution in [1.29, 1.82) is 0 Å². The highest BCUT2D eigenvalue weighted by Gasteiger charge is 2.40. The van der Waals surface area contributed by atoms with Gasteiger partial charge in [0.05, 0.1) is 32.5 Å². The average molecular weight is 674 g/mol. The lowest BCUT2D eigenvalue weighted by Gasteiger charge is -2.35. The summed E-state index contributed by atoms with van der Waals surface area (Å²) in [6.45, 7) is 4.59. The molecule has 2 fully saturated rings. The lowest BCUT2D eigenvalue weighted by atomic mass is 9.83. The van der Waals surface area contributed by atoms with Gasteiger partial charge in [0.15, 0.2) is 0 Å². The Labute approximate surface area is 279 Å². The molecule has 2 aliphatic rings. The van der Waals surface area contributed by atoms with Gasteiger partial charge >= 0.3 is 6.09 Å². The van der Waals surface area contributed by atoms with E-state index in [9.17, 15) is 24.3 Å². The zero-order valence-corrected chi connectivity index (χ0v) is 28.0.